The Morgan fingerprint density at radius 3 is 2.82 bits per heavy atom. The predicted octanol–water partition coefficient (Wildman–Crippen LogP) is 3.10. The number of rotatable bonds is 2. The van der Waals surface area contributed by atoms with Gasteiger partial charge in [-0.25, -0.2) is 4.39 Å². The molecule has 17 heavy (non-hydrogen) atoms. The van der Waals surface area contributed by atoms with E-state index in [9.17, 15) is 13.4 Å². The van der Waals surface area contributed by atoms with Crippen LogP contribution in [-0.2, 0) is 15.6 Å². The molecule has 1 aromatic carbocycles. The first-order valence-electron chi connectivity index (χ1n) is 5.45. The molecule has 2 atom stereocenters. The summed E-state index contributed by atoms with van der Waals surface area (Å²) in [7, 11) is -1.28. The molecule has 1 aliphatic carbocycles. The summed E-state index contributed by atoms with van der Waals surface area (Å²) in [5.74, 6) is -0.366. The summed E-state index contributed by atoms with van der Waals surface area (Å²) in [6.45, 7) is 0. The SMILES string of the molecule is O=C1CCCC(S(=O)c2ccc(F)c(Cl)c2)C1. The highest BCUT2D eigenvalue weighted by atomic mass is 35.5. The van der Waals surface area contributed by atoms with Gasteiger partial charge in [0.1, 0.15) is 11.6 Å². The third-order valence-electron chi connectivity index (χ3n) is 2.86. The van der Waals surface area contributed by atoms with Gasteiger partial charge >= 0.3 is 0 Å². The van der Waals surface area contributed by atoms with E-state index in [1.807, 2.05) is 0 Å². The molecule has 5 heteroatoms. The van der Waals surface area contributed by atoms with Crippen molar-refractivity contribution in [3.63, 3.8) is 0 Å². The fourth-order valence-corrected chi connectivity index (χ4v) is 3.75. The molecule has 2 nitrogen and oxygen atoms in total. The van der Waals surface area contributed by atoms with E-state index in [1.165, 1.54) is 18.2 Å². The summed E-state index contributed by atoms with van der Waals surface area (Å²) in [6.07, 6.45) is 2.48. The van der Waals surface area contributed by atoms with Crippen molar-refractivity contribution < 1.29 is 13.4 Å². The summed E-state index contributed by atoms with van der Waals surface area (Å²) in [4.78, 5) is 11.8. The molecule has 0 radical (unpaired) electrons. The molecular formula is C12H12ClFO2S. The molecule has 0 amide bonds. The molecule has 0 heterocycles. The topological polar surface area (TPSA) is 34.1 Å². The summed E-state index contributed by atoms with van der Waals surface area (Å²) < 4.78 is 25.2. The van der Waals surface area contributed by atoms with Crippen LogP contribution in [0.2, 0.25) is 5.02 Å². The molecule has 0 spiro atoms. The van der Waals surface area contributed by atoms with Crippen molar-refractivity contribution in [1.29, 1.82) is 0 Å². The molecule has 1 aromatic rings. The molecule has 1 aliphatic rings. The lowest BCUT2D eigenvalue weighted by atomic mass is 9.99. The molecule has 1 saturated carbocycles. The highest BCUT2D eigenvalue weighted by molar-refractivity contribution is 7.85. The smallest absolute Gasteiger partial charge is 0.141 e. The Bertz CT molecular complexity index is 476. The van der Waals surface area contributed by atoms with Gasteiger partial charge in [-0.15, -0.1) is 0 Å². The van der Waals surface area contributed by atoms with Gasteiger partial charge in [0.25, 0.3) is 0 Å². The van der Waals surface area contributed by atoms with Crippen molar-refractivity contribution in [1.82, 2.24) is 0 Å². The lowest BCUT2D eigenvalue weighted by molar-refractivity contribution is -0.120. The second-order valence-corrected chi connectivity index (χ2v) is 6.27. The molecule has 0 N–H and O–H groups in total. The van der Waals surface area contributed by atoms with E-state index in [0.717, 1.165) is 12.8 Å². The maximum atomic E-state index is 13.0. The van der Waals surface area contributed by atoms with Crippen molar-refractivity contribution in [2.24, 2.45) is 0 Å². The summed E-state index contributed by atoms with van der Waals surface area (Å²) in [5, 5.41) is -0.184. The van der Waals surface area contributed by atoms with Crippen LogP contribution in [-0.4, -0.2) is 15.2 Å². The standard InChI is InChI=1S/C12H12ClFO2S/c13-11-7-10(4-5-12(11)14)17(16)9-3-1-2-8(15)6-9/h4-5,7,9H,1-3,6H2. The van der Waals surface area contributed by atoms with Crippen molar-refractivity contribution in [3.8, 4) is 0 Å². The van der Waals surface area contributed by atoms with Crippen molar-refractivity contribution in [2.45, 2.75) is 35.8 Å². The Labute approximate surface area is 107 Å². The van der Waals surface area contributed by atoms with Gasteiger partial charge in [0.05, 0.1) is 15.8 Å². The van der Waals surface area contributed by atoms with E-state index >= 15 is 0 Å². The van der Waals surface area contributed by atoms with E-state index in [0.29, 0.717) is 17.7 Å². The second-order valence-electron chi connectivity index (χ2n) is 4.13. The van der Waals surface area contributed by atoms with Gasteiger partial charge in [0.2, 0.25) is 0 Å². The lowest BCUT2D eigenvalue weighted by Gasteiger charge is -2.20. The van der Waals surface area contributed by atoms with Gasteiger partial charge < -0.3 is 0 Å². The minimum absolute atomic E-state index is 0.0296. The average molecular weight is 275 g/mol. The van der Waals surface area contributed by atoms with Gasteiger partial charge in [0, 0.05) is 23.0 Å². The van der Waals surface area contributed by atoms with Gasteiger partial charge in [0.15, 0.2) is 0 Å². The van der Waals surface area contributed by atoms with Crippen LogP contribution in [0, 0.1) is 5.82 Å². The number of hydrogen-bond donors (Lipinski definition) is 0. The van der Waals surface area contributed by atoms with Gasteiger partial charge in [-0.1, -0.05) is 11.6 Å². The number of carbonyl (C=O) groups is 1. The zero-order valence-electron chi connectivity index (χ0n) is 9.12. The molecule has 0 bridgehead atoms. The van der Waals surface area contributed by atoms with Crippen LogP contribution in [0.15, 0.2) is 23.1 Å². The number of carbonyl (C=O) groups excluding carboxylic acids is 1. The number of ketones is 1. The Balaban J connectivity index is 2.18. The summed E-state index contributed by atoms with van der Waals surface area (Å²) in [6, 6.07) is 4.06. The van der Waals surface area contributed by atoms with Crippen LogP contribution in [0.25, 0.3) is 0 Å². The van der Waals surface area contributed by atoms with E-state index in [1.54, 1.807) is 0 Å². The van der Waals surface area contributed by atoms with Crippen LogP contribution in [0.4, 0.5) is 4.39 Å². The zero-order chi connectivity index (χ0) is 12.4. The van der Waals surface area contributed by atoms with E-state index in [2.05, 4.69) is 0 Å². The Kier molecular flexibility index (Phi) is 3.94. The molecule has 2 unspecified atom stereocenters. The third kappa shape index (κ3) is 2.93. The Morgan fingerprint density at radius 1 is 1.41 bits per heavy atom. The number of benzene rings is 1. The minimum Gasteiger partial charge on any atom is -0.300 e. The molecule has 1 fully saturated rings. The molecule has 0 saturated heterocycles. The minimum atomic E-state index is -1.28. The Hall–Kier alpha value is -0.740. The second kappa shape index (κ2) is 5.27. The van der Waals surface area contributed by atoms with Gasteiger partial charge in [-0.05, 0) is 31.0 Å². The molecular weight excluding hydrogens is 263 g/mol. The fourth-order valence-electron chi connectivity index (χ4n) is 1.96. The predicted molar refractivity (Wildman–Crippen MR) is 65.1 cm³/mol. The van der Waals surface area contributed by atoms with E-state index in [4.69, 9.17) is 11.6 Å². The highest BCUT2D eigenvalue weighted by Crippen LogP contribution is 2.26. The van der Waals surface area contributed by atoms with Crippen LogP contribution in [0.1, 0.15) is 25.7 Å². The van der Waals surface area contributed by atoms with Crippen LogP contribution >= 0.6 is 11.6 Å². The van der Waals surface area contributed by atoms with Gasteiger partial charge in [-0.2, -0.15) is 0 Å². The van der Waals surface area contributed by atoms with E-state index < -0.39 is 16.6 Å². The molecule has 2 rings (SSSR count). The number of halogens is 2. The Morgan fingerprint density at radius 2 is 2.18 bits per heavy atom. The van der Waals surface area contributed by atoms with Crippen LogP contribution in [0.3, 0.4) is 0 Å². The lowest BCUT2D eigenvalue weighted by Crippen LogP contribution is -2.24. The zero-order valence-corrected chi connectivity index (χ0v) is 10.7. The van der Waals surface area contributed by atoms with Crippen molar-refractivity contribution in [2.75, 3.05) is 0 Å². The highest BCUT2D eigenvalue weighted by Gasteiger charge is 2.25. The number of Topliss-reactive ketones (excluding diaryl/α,β-unsaturated/α-hetero) is 1. The first-order valence-corrected chi connectivity index (χ1v) is 7.04. The first-order chi connectivity index (χ1) is 8.08. The van der Waals surface area contributed by atoms with Crippen LogP contribution < -0.4 is 0 Å². The van der Waals surface area contributed by atoms with Crippen molar-refractivity contribution in [3.05, 3.63) is 29.0 Å². The third-order valence-corrected chi connectivity index (χ3v) is 4.88. The molecule has 0 aromatic heterocycles. The first kappa shape index (κ1) is 12.7. The molecule has 92 valence electrons. The monoisotopic (exact) mass is 274 g/mol. The van der Waals surface area contributed by atoms with Gasteiger partial charge in [-0.3, -0.25) is 9.00 Å². The van der Waals surface area contributed by atoms with Crippen LogP contribution in [0.5, 0.6) is 0 Å². The van der Waals surface area contributed by atoms with E-state index in [-0.39, 0.29) is 16.1 Å². The number of hydrogen-bond acceptors (Lipinski definition) is 2. The molecule has 0 aliphatic heterocycles. The summed E-state index contributed by atoms with van der Waals surface area (Å²) >= 11 is 5.65. The normalized spacial score (nSPS) is 22.5. The average Bonchev–Trinajstić information content (AvgIpc) is 2.32. The quantitative estimate of drug-likeness (QED) is 0.830. The van der Waals surface area contributed by atoms with Crippen molar-refractivity contribution >= 4 is 28.2 Å². The fraction of sp³-hybridized carbons (Fsp3) is 0.417. The maximum absolute atomic E-state index is 13.0. The largest absolute Gasteiger partial charge is 0.300 e. The summed E-state index contributed by atoms with van der Waals surface area (Å²) in [5.41, 5.74) is 0. The maximum Gasteiger partial charge on any atom is 0.141 e.